The zero-order chi connectivity index (χ0) is 18.7. The van der Waals surface area contributed by atoms with Crippen molar-refractivity contribution in [3.05, 3.63) is 53.9 Å². The number of anilines is 2. The highest BCUT2D eigenvalue weighted by Gasteiger charge is 2.33. The van der Waals surface area contributed by atoms with E-state index in [1.165, 1.54) is 30.6 Å². The highest BCUT2D eigenvalue weighted by molar-refractivity contribution is 5.95. The number of hydrogen-bond acceptors (Lipinski definition) is 3. The van der Waals surface area contributed by atoms with Gasteiger partial charge in [-0.15, -0.1) is 0 Å². The second kappa shape index (κ2) is 7.35. The SMILES string of the molecule is CC1CCN(C(=O)c2cncc(Nc3ccccc3C(F)(F)F)c2)CC1. The molecule has 0 saturated carbocycles. The van der Waals surface area contributed by atoms with Crippen LogP contribution in [0.5, 0.6) is 0 Å². The van der Waals surface area contributed by atoms with Gasteiger partial charge in [0, 0.05) is 19.3 Å². The number of pyridine rings is 1. The van der Waals surface area contributed by atoms with Crippen molar-refractivity contribution in [2.75, 3.05) is 18.4 Å². The van der Waals surface area contributed by atoms with Crippen LogP contribution in [0.15, 0.2) is 42.7 Å². The minimum atomic E-state index is -4.46. The number of likely N-dealkylation sites (tertiary alicyclic amines) is 1. The van der Waals surface area contributed by atoms with Gasteiger partial charge in [-0.25, -0.2) is 0 Å². The smallest absolute Gasteiger partial charge is 0.354 e. The standard InChI is InChI=1S/C19H20F3N3O/c1-13-6-8-25(9-7-13)18(26)14-10-15(12-23-11-14)24-17-5-3-2-4-16(17)19(20,21)22/h2-5,10-13,24H,6-9H2,1H3. The number of nitrogens with one attached hydrogen (secondary N) is 1. The number of hydrogen-bond donors (Lipinski definition) is 1. The van der Waals surface area contributed by atoms with E-state index in [-0.39, 0.29) is 11.6 Å². The molecule has 1 aromatic carbocycles. The maximum Gasteiger partial charge on any atom is 0.418 e. The first-order valence-electron chi connectivity index (χ1n) is 8.52. The molecule has 1 aromatic heterocycles. The summed E-state index contributed by atoms with van der Waals surface area (Å²) >= 11 is 0. The summed E-state index contributed by atoms with van der Waals surface area (Å²) in [5, 5.41) is 2.73. The molecule has 0 spiro atoms. The lowest BCUT2D eigenvalue weighted by Crippen LogP contribution is -2.37. The summed E-state index contributed by atoms with van der Waals surface area (Å²) in [4.78, 5) is 18.4. The molecule has 0 unspecified atom stereocenters. The van der Waals surface area contributed by atoms with Gasteiger partial charge in [0.2, 0.25) is 0 Å². The molecular weight excluding hydrogens is 343 g/mol. The number of alkyl halides is 3. The quantitative estimate of drug-likeness (QED) is 0.859. The predicted octanol–water partition coefficient (Wildman–Crippen LogP) is 4.72. The van der Waals surface area contributed by atoms with E-state index in [1.54, 1.807) is 11.0 Å². The Morgan fingerprint density at radius 1 is 1.19 bits per heavy atom. The number of aromatic nitrogens is 1. The van der Waals surface area contributed by atoms with Gasteiger partial charge in [-0.1, -0.05) is 19.1 Å². The second-order valence-corrected chi connectivity index (χ2v) is 6.61. The summed E-state index contributed by atoms with van der Waals surface area (Å²) in [7, 11) is 0. The van der Waals surface area contributed by atoms with Crippen LogP contribution in [0.2, 0.25) is 0 Å². The van der Waals surface area contributed by atoms with Crippen molar-refractivity contribution >= 4 is 17.3 Å². The Morgan fingerprint density at radius 3 is 2.58 bits per heavy atom. The Bertz CT molecular complexity index is 784. The van der Waals surface area contributed by atoms with Gasteiger partial charge in [-0.2, -0.15) is 13.2 Å². The number of benzene rings is 1. The maximum absolute atomic E-state index is 13.1. The van der Waals surface area contributed by atoms with E-state index in [9.17, 15) is 18.0 Å². The third-order valence-electron chi connectivity index (χ3n) is 4.57. The van der Waals surface area contributed by atoms with Crippen LogP contribution in [0.3, 0.4) is 0 Å². The lowest BCUT2D eigenvalue weighted by Gasteiger charge is -2.30. The van der Waals surface area contributed by atoms with Gasteiger partial charge in [0.05, 0.1) is 28.7 Å². The molecule has 3 rings (SSSR count). The van der Waals surface area contributed by atoms with Gasteiger partial charge in [-0.3, -0.25) is 9.78 Å². The Balaban J connectivity index is 1.79. The van der Waals surface area contributed by atoms with Crippen LogP contribution < -0.4 is 5.32 Å². The zero-order valence-corrected chi connectivity index (χ0v) is 14.4. The fourth-order valence-corrected chi connectivity index (χ4v) is 3.01. The molecule has 7 heteroatoms. The number of halogens is 3. The van der Waals surface area contributed by atoms with Crippen molar-refractivity contribution in [2.45, 2.75) is 25.9 Å². The first-order valence-corrected chi connectivity index (χ1v) is 8.52. The molecule has 0 atom stereocenters. The van der Waals surface area contributed by atoms with Crippen LogP contribution in [-0.4, -0.2) is 28.9 Å². The molecule has 1 fully saturated rings. The van der Waals surface area contributed by atoms with Crippen LogP contribution in [0.4, 0.5) is 24.5 Å². The highest BCUT2D eigenvalue weighted by atomic mass is 19.4. The molecule has 1 N–H and O–H groups in total. The topological polar surface area (TPSA) is 45.2 Å². The van der Waals surface area contributed by atoms with Crippen molar-refractivity contribution in [1.82, 2.24) is 9.88 Å². The van der Waals surface area contributed by atoms with Gasteiger partial charge < -0.3 is 10.2 Å². The number of amides is 1. The number of carbonyl (C=O) groups excluding carboxylic acids is 1. The van der Waals surface area contributed by atoms with E-state index in [0.29, 0.717) is 30.3 Å². The van der Waals surface area contributed by atoms with Crippen LogP contribution in [0.1, 0.15) is 35.7 Å². The van der Waals surface area contributed by atoms with Gasteiger partial charge in [0.15, 0.2) is 0 Å². The fraction of sp³-hybridized carbons (Fsp3) is 0.368. The van der Waals surface area contributed by atoms with Crippen LogP contribution >= 0.6 is 0 Å². The molecule has 26 heavy (non-hydrogen) atoms. The van der Waals surface area contributed by atoms with E-state index in [0.717, 1.165) is 18.9 Å². The molecule has 1 amide bonds. The summed E-state index contributed by atoms with van der Waals surface area (Å²) in [5.41, 5.74) is -0.119. The molecule has 1 aliphatic heterocycles. The number of rotatable bonds is 3. The van der Waals surface area contributed by atoms with Gasteiger partial charge in [-0.05, 0) is 37.0 Å². The summed E-state index contributed by atoms with van der Waals surface area (Å²) in [6.07, 6.45) is 0.296. The van der Waals surface area contributed by atoms with Crippen molar-refractivity contribution in [1.29, 1.82) is 0 Å². The Kier molecular flexibility index (Phi) is 5.15. The van der Waals surface area contributed by atoms with Crippen molar-refractivity contribution in [3.63, 3.8) is 0 Å². The maximum atomic E-state index is 13.1. The van der Waals surface area contributed by atoms with E-state index in [4.69, 9.17) is 0 Å². The first-order chi connectivity index (χ1) is 12.3. The fourth-order valence-electron chi connectivity index (χ4n) is 3.01. The molecule has 2 heterocycles. The monoisotopic (exact) mass is 363 g/mol. The van der Waals surface area contributed by atoms with E-state index >= 15 is 0 Å². The molecule has 0 radical (unpaired) electrons. The molecule has 2 aromatic rings. The Labute approximate surface area is 150 Å². The van der Waals surface area contributed by atoms with Crippen molar-refractivity contribution in [3.8, 4) is 0 Å². The molecule has 0 aliphatic carbocycles. The second-order valence-electron chi connectivity index (χ2n) is 6.61. The predicted molar refractivity (Wildman–Crippen MR) is 93.3 cm³/mol. The molecule has 0 bridgehead atoms. The van der Waals surface area contributed by atoms with Crippen LogP contribution in [-0.2, 0) is 6.18 Å². The molecule has 4 nitrogen and oxygen atoms in total. The molecule has 1 saturated heterocycles. The lowest BCUT2D eigenvalue weighted by atomic mass is 9.99. The van der Waals surface area contributed by atoms with Crippen molar-refractivity contribution < 1.29 is 18.0 Å². The van der Waals surface area contributed by atoms with Gasteiger partial charge in [0.1, 0.15) is 0 Å². The van der Waals surface area contributed by atoms with Crippen molar-refractivity contribution in [2.24, 2.45) is 5.92 Å². The number of nitrogens with zero attached hydrogens (tertiary/aromatic N) is 2. The zero-order valence-electron chi connectivity index (χ0n) is 14.4. The number of piperidine rings is 1. The highest BCUT2D eigenvalue weighted by Crippen LogP contribution is 2.35. The first kappa shape index (κ1) is 18.2. The van der Waals surface area contributed by atoms with E-state index in [2.05, 4.69) is 17.2 Å². The minimum absolute atomic E-state index is 0.0711. The Hall–Kier alpha value is -2.57. The van der Waals surface area contributed by atoms with Crippen LogP contribution in [0.25, 0.3) is 0 Å². The van der Waals surface area contributed by atoms with Gasteiger partial charge in [0.25, 0.3) is 5.91 Å². The average Bonchev–Trinajstić information content (AvgIpc) is 2.61. The normalized spacial score (nSPS) is 15.8. The lowest BCUT2D eigenvalue weighted by molar-refractivity contribution is -0.136. The molecular formula is C19H20F3N3O. The third kappa shape index (κ3) is 4.15. The summed E-state index contributed by atoms with van der Waals surface area (Å²) in [6, 6.07) is 6.77. The van der Waals surface area contributed by atoms with E-state index in [1.807, 2.05) is 0 Å². The number of para-hydroxylation sites is 1. The molecule has 1 aliphatic rings. The van der Waals surface area contributed by atoms with Crippen LogP contribution in [0, 0.1) is 5.92 Å². The van der Waals surface area contributed by atoms with Gasteiger partial charge >= 0.3 is 6.18 Å². The number of carbonyl (C=O) groups is 1. The third-order valence-corrected chi connectivity index (χ3v) is 4.57. The largest absolute Gasteiger partial charge is 0.418 e. The molecule has 138 valence electrons. The summed E-state index contributed by atoms with van der Waals surface area (Å²) in [6.45, 7) is 3.54. The average molecular weight is 363 g/mol. The Morgan fingerprint density at radius 2 is 1.88 bits per heavy atom. The summed E-state index contributed by atoms with van der Waals surface area (Å²) in [5.74, 6) is 0.459. The minimum Gasteiger partial charge on any atom is -0.354 e. The van der Waals surface area contributed by atoms with E-state index < -0.39 is 11.7 Å². The summed E-state index contributed by atoms with van der Waals surface area (Å²) < 4.78 is 39.3.